The molecule has 0 saturated heterocycles. The smallest absolute Gasteiger partial charge is 0.283 e. The summed E-state index contributed by atoms with van der Waals surface area (Å²) < 4.78 is 11.7. The highest BCUT2D eigenvalue weighted by Gasteiger charge is 2.36. The number of amides is 1. The second-order valence-corrected chi connectivity index (χ2v) is 9.51. The van der Waals surface area contributed by atoms with Gasteiger partial charge in [-0.2, -0.15) is 15.1 Å². The Morgan fingerprint density at radius 1 is 1.05 bits per heavy atom. The number of rotatable bonds is 8. The monoisotopic (exact) mass is 511 g/mol. The highest BCUT2D eigenvalue weighted by atomic mass is 32.2. The zero-order chi connectivity index (χ0) is 25.8. The lowest BCUT2D eigenvalue weighted by Crippen LogP contribution is -2.35. The van der Waals surface area contributed by atoms with Crippen LogP contribution in [0.3, 0.4) is 0 Å². The maximum Gasteiger partial charge on any atom is 0.283 e. The van der Waals surface area contributed by atoms with Crippen LogP contribution in [0.4, 0.5) is 0 Å². The molecule has 0 unspecified atom stereocenters. The summed E-state index contributed by atoms with van der Waals surface area (Å²) in [6.45, 7) is 5.20. The van der Waals surface area contributed by atoms with Gasteiger partial charge in [0.2, 0.25) is 5.17 Å². The molecule has 37 heavy (non-hydrogen) atoms. The van der Waals surface area contributed by atoms with Crippen molar-refractivity contribution in [3.63, 3.8) is 0 Å². The van der Waals surface area contributed by atoms with Crippen molar-refractivity contribution in [3.05, 3.63) is 94.8 Å². The molecule has 5 rings (SSSR count). The van der Waals surface area contributed by atoms with Crippen molar-refractivity contribution in [2.45, 2.75) is 20.3 Å². The number of ether oxygens (including phenoxy) is 2. The number of thioether (sulfide) groups is 1. The molecule has 186 valence electrons. The average molecular weight is 512 g/mol. The van der Waals surface area contributed by atoms with E-state index in [1.165, 1.54) is 22.3 Å². The van der Waals surface area contributed by atoms with E-state index in [1.54, 1.807) is 18.5 Å². The zero-order valence-electron chi connectivity index (χ0n) is 20.5. The van der Waals surface area contributed by atoms with Crippen molar-refractivity contribution in [2.75, 3.05) is 13.2 Å². The van der Waals surface area contributed by atoms with E-state index in [-0.39, 0.29) is 11.4 Å². The van der Waals surface area contributed by atoms with Crippen LogP contribution in [0.5, 0.6) is 11.5 Å². The number of hydrogen-bond acceptors (Lipinski definition) is 7. The predicted octanol–water partition coefficient (Wildman–Crippen LogP) is 5.21. The molecule has 2 aliphatic rings. The van der Waals surface area contributed by atoms with Gasteiger partial charge in [0, 0.05) is 24.4 Å². The molecule has 1 aromatic heterocycles. The number of fused-ring (bicyclic) bond motifs is 1. The summed E-state index contributed by atoms with van der Waals surface area (Å²) in [5.74, 6) is 1.15. The molecule has 0 spiro atoms. The Morgan fingerprint density at radius 2 is 1.86 bits per heavy atom. The molecule has 1 amide bonds. The van der Waals surface area contributed by atoms with Gasteiger partial charge >= 0.3 is 0 Å². The van der Waals surface area contributed by atoms with E-state index in [0.717, 1.165) is 34.6 Å². The maximum absolute atomic E-state index is 12.7. The van der Waals surface area contributed by atoms with Gasteiger partial charge in [0.25, 0.3) is 5.91 Å². The van der Waals surface area contributed by atoms with E-state index >= 15 is 0 Å². The Hall–Kier alpha value is -4.24. The second-order valence-electron chi connectivity index (χ2n) is 8.56. The van der Waals surface area contributed by atoms with Crippen LogP contribution in [-0.4, -0.2) is 45.2 Å². The topological polar surface area (TPSA) is 100 Å². The molecule has 2 aromatic carbocycles. The summed E-state index contributed by atoms with van der Waals surface area (Å²) in [5.41, 5.74) is 4.09. The molecule has 0 saturated carbocycles. The van der Waals surface area contributed by atoms with E-state index < -0.39 is 5.91 Å². The molecule has 0 fully saturated rings. The van der Waals surface area contributed by atoms with E-state index in [9.17, 15) is 4.79 Å². The van der Waals surface area contributed by atoms with Crippen LogP contribution in [0, 0.1) is 19.3 Å². The summed E-state index contributed by atoms with van der Waals surface area (Å²) in [7, 11) is 0. The lowest BCUT2D eigenvalue weighted by atomic mass is 10.1. The first-order chi connectivity index (χ1) is 18.0. The molecule has 1 N–H and O–H groups in total. The number of pyridine rings is 1. The van der Waals surface area contributed by atoms with Gasteiger partial charge in [-0.1, -0.05) is 29.8 Å². The summed E-state index contributed by atoms with van der Waals surface area (Å²) in [6, 6.07) is 17.2. The SMILES string of the molecule is Cc1ccc(OCCCOc2ccc(/C=C3/C(=N)N4N=C(c5cccnc5)SC4=NC3=O)cc2)c(C)c1. The molecule has 2 aliphatic heterocycles. The van der Waals surface area contributed by atoms with Crippen LogP contribution < -0.4 is 9.47 Å². The Morgan fingerprint density at radius 3 is 2.62 bits per heavy atom. The van der Waals surface area contributed by atoms with E-state index in [2.05, 4.69) is 28.1 Å². The minimum atomic E-state index is -0.462. The van der Waals surface area contributed by atoms with Crippen LogP contribution in [0.2, 0.25) is 0 Å². The van der Waals surface area contributed by atoms with Crippen molar-refractivity contribution in [1.29, 1.82) is 5.41 Å². The first-order valence-corrected chi connectivity index (χ1v) is 12.6. The van der Waals surface area contributed by atoms with Crippen LogP contribution in [0.15, 0.2) is 82.7 Å². The minimum Gasteiger partial charge on any atom is -0.493 e. The fraction of sp³-hybridized carbons (Fsp3) is 0.179. The van der Waals surface area contributed by atoms with Gasteiger partial charge in [-0.25, -0.2) is 0 Å². The van der Waals surface area contributed by atoms with Crippen molar-refractivity contribution in [2.24, 2.45) is 10.1 Å². The standard InChI is InChI=1S/C28H25N5O3S/c1-18-6-11-24(19(2)15-18)36-14-4-13-35-22-9-7-20(8-10-22)16-23-25(29)33-28(31-26(23)34)37-27(32-33)21-5-3-12-30-17-21/h3,5-12,15-17,29H,4,13-14H2,1-2H3/b23-16-,29-25?. The van der Waals surface area contributed by atoms with Crippen LogP contribution in [-0.2, 0) is 4.79 Å². The predicted molar refractivity (Wildman–Crippen MR) is 146 cm³/mol. The third-order valence-corrected chi connectivity index (χ3v) is 6.66. The number of hydrazone groups is 1. The van der Waals surface area contributed by atoms with Crippen molar-refractivity contribution >= 4 is 39.8 Å². The Balaban J connectivity index is 1.17. The normalized spacial score (nSPS) is 15.9. The number of aryl methyl sites for hydroxylation is 2. The fourth-order valence-electron chi connectivity index (χ4n) is 3.82. The van der Waals surface area contributed by atoms with Gasteiger partial charge in [0.1, 0.15) is 16.5 Å². The molecule has 0 bridgehead atoms. The minimum absolute atomic E-state index is 0.00877. The summed E-state index contributed by atoms with van der Waals surface area (Å²) in [5, 5.41) is 15.4. The van der Waals surface area contributed by atoms with Gasteiger partial charge in [-0.05, 0) is 73.1 Å². The van der Waals surface area contributed by atoms with Crippen molar-refractivity contribution < 1.29 is 14.3 Å². The number of carbonyl (C=O) groups excluding carboxylic acids is 1. The van der Waals surface area contributed by atoms with Crippen molar-refractivity contribution in [1.82, 2.24) is 9.99 Å². The summed E-state index contributed by atoms with van der Waals surface area (Å²) >= 11 is 1.25. The van der Waals surface area contributed by atoms with E-state index in [4.69, 9.17) is 14.9 Å². The average Bonchev–Trinajstić information content (AvgIpc) is 3.33. The summed E-state index contributed by atoms with van der Waals surface area (Å²) in [4.78, 5) is 20.9. The number of aromatic nitrogens is 1. The van der Waals surface area contributed by atoms with Crippen molar-refractivity contribution in [3.8, 4) is 11.5 Å². The fourth-order valence-corrected chi connectivity index (χ4v) is 4.70. The van der Waals surface area contributed by atoms with Gasteiger partial charge < -0.3 is 9.47 Å². The second kappa shape index (κ2) is 10.8. The first kappa shape index (κ1) is 24.5. The quantitative estimate of drug-likeness (QED) is 0.329. The third kappa shape index (κ3) is 5.62. The Labute approximate surface area is 219 Å². The summed E-state index contributed by atoms with van der Waals surface area (Å²) in [6.07, 6.45) is 5.77. The number of nitrogens with one attached hydrogen (secondary N) is 1. The van der Waals surface area contributed by atoms with Crippen LogP contribution in [0.1, 0.15) is 28.7 Å². The Bertz CT molecular complexity index is 1430. The number of hydrogen-bond donors (Lipinski definition) is 1. The zero-order valence-corrected chi connectivity index (χ0v) is 21.3. The third-order valence-electron chi connectivity index (χ3n) is 5.70. The van der Waals surface area contributed by atoms with E-state index in [0.29, 0.717) is 23.4 Å². The first-order valence-electron chi connectivity index (χ1n) is 11.8. The molecule has 3 aromatic rings. The largest absolute Gasteiger partial charge is 0.493 e. The highest BCUT2D eigenvalue weighted by molar-refractivity contribution is 8.27. The number of amidine groups is 2. The number of carbonyl (C=O) groups is 1. The van der Waals surface area contributed by atoms with Gasteiger partial charge in [0.05, 0.1) is 18.8 Å². The van der Waals surface area contributed by atoms with Gasteiger partial charge in [-0.3, -0.25) is 15.2 Å². The highest BCUT2D eigenvalue weighted by Crippen LogP contribution is 2.30. The molecular weight excluding hydrogens is 486 g/mol. The molecule has 9 heteroatoms. The van der Waals surface area contributed by atoms with E-state index in [1.807, 2.05) is 55.5 Å². The number of nitrogens with zero attached hydrogens (tertiary/aromatic N) is 4. The lowest BCUT2D eigenvalue weighted by Gasteiger charge is -2.20. The van der Waals surface area contributed by atoms with Gasteiger partial charge in [0.15, 0.2) is 5.84 Å². The molecule has 0 atom stereocenters. The van der Waals surface area contributed by atoms with Crippen LogP contribution in [0.25, 0.3) is 6.08 Å². The molecule has 0 aliphatic carbocycles. The molecule has 0 radical (unpaired) electrons. The lowest BCUT2D eigenvalue weighted by molar-refractivity contribution is -0.114. The van der Waals surface area contributed by atoms with Gasteiger partial charge in [-0.15, -0.1) is 0 Å². The van der Waals surface area contributed by atoms with Crippen LogP contribution >= 0.6 is 11.8 Å². The number of benzene rings is 2. The maximum atomic E-state index is 12.7. The molecule has 8 nitrogen and oxygen atoms in total. The Kier molecular flexibility index (Phi) is 7.14. The number of aliphatic imine (C=N–C) groups is 1. The molecular formula is C28H25N5O3S. The molecule has 3 heterocycles.